The van der Waals surface area contributed by atoms with E-state index < -0.39 is 0 Å². The summed E-state index contributed by atoms with van der Waals surface area (Å²) < 4.78 is 0. The third-order valence-electron chi connectivity index (χ3n) is 3.28. The minimum absolute atomic E-state index is 1.02. The zero-order valence-electron chi connectivity index (χ0n) is 11.1. The van der Waals surface area contributed by atoms with Crippen LogP contribution in [-0.2, 0) is 0 Å². The zero-order valence-corrected chi connectivity index (χ0v) is 11.1. The quantitative estimate of drug-likeness (QED) is 0.543. The number of hydrogen-bond acceptors (Lipinski definition) is 0. The molecule has 3 aromatic carbocycles. The van der Waals surface area contributed by atoms with Crippen molar-refractivity contribution in [3.05, 3.63) is 90.0 Å². The molecule has 0 bridgehead atoms. The van der Waals surface area contributed by atoms with E-state index in [4.69, 9.17) is 0 Å². The molecule has 0 unspecified atom stereocenters. The van der Waals surface area contributed by atoms with Gasteiger partial charge >= 0.3 is 0 Å². The van der Waals surface area contributed by atoms with Crippen LogP contribution in [0, 0.1) is 11.8 Å². The number of benzene rings is 3. The summed E-state index contributed by atoms with van der Waals surface area (Å²) in [7, 11) is 0. The summed E-state index contributed by atoms with van der Waals surface area (Å²) in [6.45, 7) is 3.75. The van der Waals surface area contributed by atoms with Gasteiger partial charge in [-0.3, -0.25) is 0 Å². The van der Waals surface area contributed by atoms with Crippen LogP contribution >= 0.6 is 0 Å². The van der Waals surface area contributed by atoms with Gasteiger partial charge in [0.15, 0.2) is 0 Å². The lowest BCUT2D eigenvalue weighted by Crippen LogP contribution is -1.80. The molecule has 0 fully saturated rings. The Morgan fingerprint density at radius 2 is 1.50 bits per heavy atom. The van der Waals surface area contributed by atoms with Crippen molar-refractivity contribution in [2.24, 2.45) is 0 Å². The average Bonchev–Trinajstić information content (AvgIpc) is 2.53. The van der Waals surface area contributed by atoms with Gasteiger partial charge in [0.2, 0.25) is 0 Å². The minimum Gasteiger partial charge on any atom is -0.0985 e. The lowest BCUT2D eigenvalue weighted by molar-refractivity contribution is 1.61. The van der Waals surface area contributed by atoms with E-state index >= 15 is 0 Å². The van der Waals surface area contributed by atoms with E-state index in [0.717, 1.165) is 16.7 Å². The molecule has 0 aliphatic rings. The van der Waals surface area contributed by atoms with E-state index in [2.05, 4.69) is 42.7 Å². The highest BCUT2D eigenvalue weighted by atomic mass is 14.0. The van der Waals surface area contributed by atoms with Crippen LogP contribution in [0.25, 0.3) is 16.8 Å². The van der Waals surface area contributed by atoms with Crippen LogP contribution in [0.3, 0.4) is 0 Å². The molecule has 0 spiro atoms. The molecule has 0 saturated carbocycles. The van der Waals surface area contributed by atoms with Gasteiger partial charge in [0.1, 0.15) is 0 Å². The molecular weight excluding hydrogens is 240 g/mol. The van der Waals surface area contributed by atoms with E-state index in [9.17, 15) is 0 Å². The first kappa shape index (κ1) is 12.3. The maximum absolute atomic E-state index is 3.75. The highest BCUT2D eigenvalue weighted by Gasteiger charge is 1.96. The van der Waals surface area contributed by atoms with Crippen LogP contribution in [0.4, 0.5) is 0 Å². The topological polar surface area (TPSA) is 0 Å². The predicted octanol–water partition coefficient (Wildman–Crippen LogP) is 4.88. The van der Waals surface area contributed by atoms with Crippen LogP contribution in [0.2, 0.25) is 0 Å². The summed E-state index contributed by atoms with van der Waals surface area (Å²) in [6.07, 6.45) is 1.84. The molecule has 0 aliphatic heterocycles. The van der Waals surface area contributed by atoms with Gasteiger partial charge in [-0.1, -0.05) is 73.0 Å². The van der Waals surface area contributed by atoms with Gasteiger partial charge in [0.05, 0.1) is 0 Å². The lowest BCUT2D eigenvalue weighted by atomic mass is 10.0. The van der Waals surface area contributed by atoms with Crippen molar-refractivity contribution >= 4 is 16.8 Å². The second-order valence-electron chi connectivity index (χ2n) is 4.60. The van der Waals surface area contributed by atoms with Gasteiger partial charge in [0, 0.05) is 11.1 Å². The van der Waals surface area contributed by atoms with Crippen LogP contribution in [0.15, 0.2) is 73.3 Å². The molecule has 0 N–H and O–H groups in total. The molecule has 0 aliphatic carbocycles. The number of fused-ring (bicyclic) bond motifs is 1. The van der Waals surface area contributed by atoms with Crippen LogP contribution in [0.1, 0.15) is 16.7 Å². The van der Waals surface area contributed by atoms with Crippen molar-refractivity contribution in [2.45, 2.75) is 0 Å². The molecular formula is C20H14. The number of hydrogen-bond donors (Lipinski definition) is 0. The Morgan fingerprint density at radius 3 is 2.30 bits per heavy atom. The van der Waals surface area contributed by atoms with Gasteiger partial charge in [-0.2, -0.15) is 0 Å². The Morgan fingerprint density at radius 1 is 0.750 bits per heavy atom. The molecule has 94 valence electrons. The maximum atomic E-state index is 3.75. The molecule has 0 heterocycles. The highest BCUT2D eigenvalue weighted by molar-refractivity contribution is 5.88. The summed E-state index contributed by atoms with van der Waals surface area (Å²) in [5.41, 5.74) is 3.19. The monoisotopic (exact) mass is 254 g/mol. The molecule has 3 aromatic rings. The molecule has 0 amide bonds. The molecule has 0 heteroatoms. The Bertz CT molecular complexity index is 807. The Balaban J connectivity index is 2.01. The fourth-order valence-electron chi connectivity index (χ4n) is 2.18. The largest absolute Gasteiger partial charge is 0.0985 e. The maximum Gasteiger partial charge on any atom is 0.0327 e. The van der Waals surface area contributed by atoms with Crippen LogP contribution in [0.5, 0.6) is 0 Å². The Hall–Kier alpha value is -2.78. The highest BCUT2D eigenvalue weighted by Crippen LogP contribution is 2.17. The molecule has 0 nitrogen and oxygen atoms in total. The summed E-state index contributed by atoms with van der Waals surface area (Å²) in [5, 5.41) is 2.42. The molecule has 3 rings (SSSR count). The van der Waals surface area contributed by atoms with Crippen LogP contribution in [-0.4, -0.2) is 0 Å². The van der Waals surface area contributed by atoms with Gasteiger partial charge in [0.25, 0.3) is 0 Å². The summed E-state index contributed by atoms with van der Waals surface area (Å²) in [4.78, 5) is 0. The standard InChI is InChI=1S/C20H14/c1-2-16-10-12-17(13-11-16)14-15-19-8-5-7-18-6-3-4-9-20(18)19/h2-13H,1H2. The smallest absolute Gasteiger partial charge is 0.0327 e. The van der Waals surface area contributed by atoms with E-state index in [0.29, 0.717) is 0 Å². The summed E-state index contributed by atoms with van der Waals surface area (Å²) >= 11 is 0. The first-order valence-corrected chi connectivity index (χ1v) is 6.59. The van der Waals surface area contributed by atoms with Gasteiger partial charge in [-0.25, -0.2) is 0 Å². The SMILES string of the molecule is C=Cc1ccc(C#Cc2cccc3ccccc23)cc1. The van der Waals surface area contributed by atoms with E-state index in [1.165, 1.54) is 10.8 Å². The van der Waals surface area contributed by atoms with Gasteiger partial charge in [-0.15, -0.1) is 0 Å². The number of rotatable bonds is 1. The molecule has 0 atom stereocenters. The van der Waals surface area contributed by atoms with Gasteiger partial charge < -0.3 is 0 Å². The van der Waals surface area contributed by atoms with E-state index in [1.807, 2.05) is 48.5 Å². The van der Waals surface area contributed by atoms with Crippen molar-refractivity contribution < 1.29 is 0 Å². The second kappa shape index (κ2) is 5.47. The minimum atomic E-state index is 1.02. The van der Waals surface area contributed by atoms with Crippen molar-refractivity contribution in [1.82, 2.24) is 0 Å². The fourth-order valence-corrected chi connectivity index (χ4v) is 2.18. The first-order chi connectivity index (χ1) is 9.86. The first-order valence-electron chi connectivity index (χ1n) is 6.59. The Kier molecular flexibility index (Phi) is 3.35. The normalized spacial score (nSPS) is 9.80. The molecule has 0 saturated heterocycles. The zero-order chi connectivity index (χ0) is 13.8. The van der Waals surface area contributed by atoms with E-state index in [-0.39, 0.29) is 0 Å². The molecule has 20 heavy (non-hydrogen) atoms. The molecule has 0 aromatic heterocycles. The fraction of sp³-hybridized carbons (Fsp3) is 0. The van der Waals surface area contributed by atoms with Crippen molar-refractivity contribution in [3.63, 3.8) is 0 Å². The predicted molar refractivity (Wildman–Crippen MR) is 86.5 cm³/mol. The summed E-state index contributed by atoms with van der Waals surface area (Å²) in [5.74, 6) is 6.49. The lowest BCUT2D eigenvalue weighted by Gasteiger charge is -1.99. The van der Waals surface area contributed by atoms with Crippen molar-refractivity contribution in [1.29, 1.82) is 0 Å². The van der Waals surface area contributed by atoms with Crippen LogP contribution < -0.4 is 0 Å². The van der Waals surface area contributed by atoms with E-state index in [1.54, 1.807) is 0 Å². The average molecular weight is 254 g/mol. The third kappa shape index (κ3) is 2.48. The third-order valence-corrected chi connectivity index (χ3v) is 3.28. The Labute approximate surface area is 119 Å². The van der Waals surface area contributed by atoms with Crippen molar-refractivity contribution in [3.8, 4) is 11.8 Å². The van der Waals surface area contributed by atoms with Gasteiger partial charge in [-0.05, 0) is 34.5 Å². The second-order valence-corrected chi connectivity index (χ2v) is 4.60. The summed E-state index contributed by atoms with van der Waals surface area (Å²) in [6, 6.07) is 22.6. The van der Waals surface area contributed by atoms with Crippen molar-refractivity contribution in [2.75, 3.05) is 0 Å². The molecule has 0 radical (unpaired) electrons.